The molecule has 0 aromatic heterocycles. The van der Waals surface area contributed by atoms with Gasteiger partial charge in [-0.2, -0.15) is 0 Å². The van der Waals surface area contributed by atoms with Gasteiger partial charge in [0.05, 0.1) is 25.4 Å². The molecule has 1 amide bonds. The van der Waals surface area contributed by atoms with Gasteiger partial charge in [0.1, 0.15) is 0 Å². The van der Waals surface area contributed by atoms with Crippen LogP contribution in [-0.2, 0) is 14.3 Å². The third-order valence-electron chi connectivity index (χ3n) is 12.9. The van der Waals surface area contributed by atoms with Crippen molar-refractivity contribution >= 4 is 11.9 Å². The molecule has 0 radical (unpaired) electrons. The Labute approximate surface area is 375 Å². The SMILES string of the molecule is CCCCCCCCCCCCCCCCCCCCC(O)C(CO)NC(=O)CCCCCCCCCCCOC(=O)CCCCCCCCCCCCCCCCCC. The Morgan fingerprint density at radius 2 is 0.683 bits per heavy atom. The number of amides is 1. The van der Waals surface area contributed by atoms with Crippen molar-refractivity contribution in [2.45, 2.75) is 321 Å². The molecule has 2 unspecified atom stereocenters. The van der Waals surface area contributed by atoms with Crippen LogP contribution in [0.15, 0.2) is 0 Å². The lowest BCUT2D eigenvalue weighted by Gasteiger charge is -2.22. The van der Waals surface area contributed by atoms with Crippen LogP contribution in [0.5, 0.6) is 0 Å². The van der Waals surface area contributed by atoms with E-state index in [-0.39, 0.29) is 18.5 Å². The van der Waals surface area contributed by atoms with Gasteiger partial charge in [0.15, 0.2) is 0 Å². The van der Waals surface area contributed by atoms with Crippen molar-refractivity contribution in [3.8, 4) is 0 Å². The van der Waals surface area contributed by atoms with Crippen LogP contribution >= 0.6 is 0 Å². The van der Waals surface area contributed by atoms with E-state index in [9.17, 15) is 19.8 Å². The maximum atomic E-state index is 12.5. The number of rotatable bonds is 51. The molecule has 2 atom stereocenters. The normalized spacial score (nSPS) is 12.5. The van der Waals surface area contributed by atoms with Crippen molar-refractivity contribution in [1.82, 2.24) is 5.32 Å². The highest BCUT2D eigenvalue weighted by molar-refractivity contribution is 5.76. The fraction of sp³-hybridized carbons (Fsp3) is 0.963. The molecule has 0 saturated carbocycles. The van der Waals surface area contributed by atoms with E-state index in [1.165, 1.54) is 218 Å². The maximum absolute atomic E-state index is 12.5. The maximum Gasteiger partial charge on any atom is 0.305 e. The zero-order chi connectivity index (χ0) is 43.7. The lowest BCUT2D eigenvalue weighted by atomic mass is 10.0. The summed E-state index contributed by atoms with van der Waals surface area (Å²) >= 11 is 0. The lowest BCUT2D eigenvalue weighted by Crippen LogP contribution is -2.45. The van der Waals surface area contributed by atoms with Crippen LogP contribution in [0.2, 0.25) is 0 Å². The third kappa shape index (κ3) is 46.4. The summed E-state index contributed by atoms with van der Waals surface area (Å²) in [6, 6.07) is -0.560. The van der Waals surface area contributed by atoms with Gasteiger partial charge in [-0.15, -0.1) is 0 Å². The van der Waals surface area contributed by atoms with E-state index in [0.29, 0.717) is 25.9 Å². The minimum Gasteiger partial charge on any atom is -0.466 e. The molecule has 0 aliphatic carbocycles. The number of hydrogen-bond acceptors (Lipinski definition) is 5. The van der Waals surface area contributed by atoms with Gasteiger partial charge in [0.25, 0.3) is 0 Å². The number of carbonyl (C=O) groups is 2. The van der Waals surface area contributed by atoms with E-state index >= 15 is 0 Å². The van der Waals surface area contributed by atoms with Crippen molar-refractivity contribution in [3.05, 3.63) is 0 Å². The van der Waals surface area contributed by atoms with Crippen molar-refractivity contribution in [2.24, 2.45) is 0 Å². The fourth-order valence-electron chi connectivity index (χ4n) is 8.70. The largest absolute Gasteiger partial charge is 0.466 e. The fourth-order valence-corrected chi connectivity index (χ4v) is 8.70. The second-order valence-electron chi connectivity index (χ2n) is 18.9. The van der Waals surface area contributed by atoms with Gasteiger partial charge in [-0.05, 0) is 25.7 Å². The van der Waals surface area contributed by atoms with E-state index in [0.717, 1.165) is 57.8 Å². The van der Waals surface area contributed by atoms with E-state index in [4.69, 9.17) is 4.74 Å². The predicted octanol–water partition coefficient (Wildman–Crippen LogP) is 16.4. The standard InChI is InChI=1S/C54H107NO5/c1-3-5-7-9-11-13-15-17-19-21-22-23-25-27-30-34-38-42-46-52(57)51(50-56)55-53(58)47-43-39-35-31-29-33-37-41-45-49-60-54(59)48-44-40-36-32-28-26-24-20-18-16-14-12-10-8-6-4-2/h51-52,56-57H,3-50H2,1-2H3,(H,55,58). The summed E-state index contributed by atoms with van der Waals surface area (Å²) < 4.78 is 5.46. The molecule has 0 saturated heterocycles. The smallest absolute Gasteiger partial charge is 0.305 e. The number of carbonyl (C=O) groups excluding carboxylic acids is 2. The average Bonchev–Trinajstić information content (AvgIpc) is 3.25. The first-order valence-electron chi connectivity index (χ1n) is 27.3. The molecule has 60 heavy (non-hydrogen) atoms. The highest BCUT2D eigenvalue weighted by Crippen LogP contribution is 2.17. The van der Waals surface area contributed by atoms with Crippen molar-refractivity contribution in [2.75, 3.05) is 13.2 Å². The van der Waals surface area contributed by atoms with E-state index in [1.807, 2.05) is 0 Å². The Kier molecular flexibility index (Phi) is 49.5. The molecule has 0 heterocycles. The zero-order valence-electron chi connectivity index (χ0n) is 40.7. The first kappa shape index (κ1) is 58.9. The van der Waals surface area contributed by atoms with Crippen LogP contribution in [0.4, 0.5) is 0 Å². The van der Waals surface area contributed by atoms with Crippen LogP contribution in [0.1, 0.15) is 309 Å². The molecule has 0 aliphatic rings. The summed E-state index contributed by atoms with van der Waals surface area (Å²) in [4.78, 5) is 24.5. The number of aliphatic hydroxyl groups is 2. The van der Waals surface area contributed by atoms with Crippen molar-refractivity contribution in [3.63, 3.8) is 0 Å². The highest BCUT2D eigenvalue weighted by Gasteiger charge is 2.20. The lowest BCUT2D eigenvalue weighted by molar-refractivity contribution is -0.143. The summed E-state index contributed by atoms with van der Waals surface area (Å²) in [6.45, 7) is 4.92. The molecule has 0 fully saturated rings. The molecule has 0 aromatic rings. The molecule has 0 rings (SSSR count). The summed E-state index contributed by atoms with van der Waals surface area (Å²) in [6.07, 6.45) is 56.5. The zero-order valence-corrected chi connectivity index (χ0v) is 40.7. The Balaban J connectivity index is 3.46. The molecule has 0 aliphatic heterocycles. The molecule has 0 spiro atoms. The number of unbranched alkanes of at least 4 members (excludes halogenated alkanes) is 40. The summed E-state index contributed by atoms with van der Waals surface area (Å²) in [5, 5.41) is 23.3. The van der Waals surface area contributed by atoms with Gasteiger partial charge in [-0.25, -0.2) is 0 Å². The van der Waals surface area contributed by atoms with E-state index < -0.39 is 12.1 Å². The number of nitrogens with one attached hydrogen (secondary N) is 1. The Morgan fingerprint density at radius 1 is 0.400 bits per heavy atom. The Bertz CT molecular complexity index is 852. The topological polar surface area (TPSA) is 95.9 Å². The van der Waals surface area contributed by atoms with Gasteiger partial charge in [0, 0.05) is 12.8 Å². The average molecular weight is 850 g/mol. The quantitative estimate of drug-likeness (QED) is 0.0418. The number of esters is 1. The van der Waals surface area contributed by atoms with Crippen LogP contribution in [0.25, 0.3) is 0 Å². The van der Waals surface area contributed by atoms with Gasteiger partial charge in [-0.1, -0.05) is 271 Å². The second kappa shape index (κ2) is 50.5. The van der Waals surface area contributed by atoms with Crippen molar-refractivity contribution < 1.29 is 24.5 Å². The number of ether oxygens (including phenoxy) is 1. The Morgan fingerprint density at radius 3 is 1.02 bits per heavy atom. The molecule has 6 heteroatoms. The van der Waals surface area contributed by atoms with Gasteiger partial charge < -0.3 is 20.3 Å². The summed E-state index contributed by atoms with van der Waals surface area (Å²) in [5.74, 6) is -0.0790. The van der Waals surface area contributed by atoms with Crippen LogP contribution in [0.3, 0.4) is 0 Å². The van der Waals surface area contributed by atoms with E-state index in [1.54, 1.807) is 0 Å². The summed E-state index contributed by atoms with van der Waals surface area (Å²) in [7, 11) is 0. The molecule has 358 valence electrons. The molecule has 3 N–H and O–H groups in total. The van der Waals surface area contributed by atoms with E-state index in [2.05, 4.69) is 19.2 Å². The minimum atomic E-state index is -0.680. The van der Waals surface area contributed by atoms with Gasteiger partial charge in [0.2, 0.25) is 5.91 Å². The molecular formula is C54H107NO5. The minimum absolute atomic E-state index is 0.0204. The Hall–Kier alpha value is -1.14. The van der Waals surface area contributed by atoms with Crippen LogP contribution in [-0.4, -0.2) is 47.4 Å². The molecule has 6 nitrogen and oxygen atoms in total. The van der Waals surface area contributed by atoms with Crippen molar-refractivity contribution in [1.29, 1.82) is 0 Å². The highest BCUT2D eigenvalue weighted by atomic mass is 16.5. The third-order valence-corrected chi connectivity index (χ3v) is 12.9. The predicted molar refractivity (Wildman–Crippen MR) is 260 cm³/mol. The number of aliphatic hydroxyl groups excluding tert-OH is 2. The first-order chi connectivity index (χ1) is 29.5. The number of hydrogen-bond donors (Lipinski definition) is 3. The first-order valence-corrected chi connectivity index (χ1v) is 27.3. The van der Waals surface area contributed by atoms with Crippen LogP contribution < -0.4 is 5.32 Å². The molecule has 0 bridgehead atoms. The van der Waals surface area contributed by atoms with Crippen LogP contribution in [0, 0.1) is 0 Å². The second-order valence-corrected chi connectivity index (χ2v) is 18.9. The summed E-state index contributed by atoms with van der Waals surface area (Å²) in [5.41, 5.74) is 0. The molecular weight excluding hydrogens is 743 g/mol. The molecule has 0 aromatic carbocycles. The van der Waals surface area contributed by atoms with Gasteiger partial charge >= 0.3 is 5.97 Å². The van der Waals surface area contributed by atoms with Gasteiger partial charge in [-0.3, -0.25) is 9.59 Å². The monoisotopic (exact) mass is 850 g/mol.